The second-order valence-electron chi connectivity index (χ2n) is 9.28. The second-order valence-corrected chi connectivity index (χ2v) is 9.28. The standard InChI is InChI=1S/C29H22F6O5/c30-28(31,32)22-12-18(13-23(14-22)29(33,34)35)11-21-15-27(16-36,40-25(21)37)17-39-26(38)24(19-7-3-1-4-8-19)20-9-5-2-6-10-20/h1-14,24,36H,15-17H2/b21-11+. The Hall–Kier alpha value is -4.12. The van der Waals surface area contributed by atoms with Crippen LogP contribution in [0.1, 0.15) is 40.2 Å². The average Bonchev–Trinajstić information content (AvgIpc) is 3.23. The molecule has 4 rings (SSSR count). The molecular weight excluding hydrogens is 542 g/mol. The molecule has 1 aliphatic heterocycles. The molecule has 11 heteroatoms. The molecule has 3 aromatic carbocycles. The van der Waals surface area contributed by atoms with Crippen LogP contribution in [0.5, 0.6) is 0 Å². The van der Waals surface area contributed by atoms with E-state index in [-0.39, 0.29) is 11.6 Å². The number of halogens is 6. The van der Waals surface area contributed by atoms with E-state index in [4.69, 9.17) is 9.47 Å². The summed E-state index contributed by atoms with van der Waals surface area (Å²) >= 11 is 0. The maximum absolute atomic E-state index is 13.2. The molecule has 3 aromatic rings. The van der Waals surface area contributed by atoms with Crippen LogP contribution >= 0.6 is 0 Å². The first-order chi connectivity index (χ1) is 18.8. The molecule has 1 atom stereocenters. The lowest BCUT2D eigenvalue weighted by atomic mass is 9.91. The number of carbonyl (C=O) groups is 2. The van der Waals surface area contributed by atoms with Crippen molar-refractivity contribution in [2.24, 2.45) is 0 Å². The van der Waals surface area contributed by atoms with E-state index in [0.717, 1.165) is 6.08 Å². The fourth-order valence-corrected chi connectivity index (χ4v) is 4.35. The molecule has 1 aliphatic rings. The number of ether oxygens (including phenoxy) is 2. The Morgan fingerprint density at radius 2 is 1.40 bits per heavy atom. The first kappa shape index (κ1) is 28.9. The van der Waals surface area contributed by atoms with Gasteiger partial charge in [-0.3, -0.25) is 4.79 Å². The van der Waals surface area contributed by atoms with E-state index < -0.39 is 72.1 Å². The number of aliphatic hydroxyl groups is 1. The number of benzene rings is 3. The van der Waals surface area contributed by atoms with Crippen LogP contribution in [-0.2, 0) is 31.4 Å². The molecule has 1 saturated heterocycles. The summed E-state index contributed by atoms with van der Waals surface area (Å²) in [5.41, 5.74) is -4.46. The Bertz CT molecular complexity index is 1330. The highest BCUT2D eigenvalue weighted by atomic mass is 19.4. The van der Waals surface area contributed by atoms with Crippen LogP contribution in [0.15, 0.2) is 84.4 Å². The molecule has 210 valence electrons. The van der Waals surface area contributed by atoms with Gasteiger partial charge in [-0.15, -0.1) is 0 Å². The number of hydrogen-bond acceptors (Lipinski definition) is 5. The van der Waals surface area contributed by atoms with Gasteiger partial charge in [-0.05, 0) is 41.0 Å². The molecule has 1 fully saturated rings. The van der Waals surface area contributed by atoms with E-state index in [1.807, 2.05) is 0 Å². The van der Waals surface area contributed by atoms with Crippen LogP contribution in [-0.4, -0.2) is 35.9 Å². The van der Waals surface area contributed by atoms with Crippen LogP contribution in [0, 0.1) is 0 Å². The van der Waals surface area contributed by atoms with Crippen molar-refractivity contribution in [1.82, 2.24) is 0 Å². The highest BCUT2D eigenvalue weighted by Gasteiger charge is 2.45. The van der Waals surface area contributed by atoms with Gasteiger partial charge in [0.05, 0.1) is 17.7 Å². The van der Waals surface area contributed by atoms with Crippen LogP contribution in [0.4, 0.5) is 26.3 Å². The summed E-state index contributed by atoms with van der Waals surface area (Å²) < 4.78 is 90.1. The number of hydrogen-bond donors (Lipinski definition) is 1. The van der Waals surface area contributed by atoms with Gasteiger partial charge in [-0.1, -0.05) is 60.7 Å². The summed E-state index contributed by atoms with van der Waals surface area (Å²) in [5, 5.41) is 10.0. The third-order valence-corrected chi connectivity index (χ3v) is 6.30. The lowest BCUT2D eigenvalue weighted by Gasteiger charge is -2.26. The third kappa shape index (κ3) is 6.53. The smallest absolute Gasteiger partial charge is 0.416 e. The summed E-state index contributed by atoms with van der Waals surface area (Å²) in [6.07, 6.45) is -9.72. The van der Waals surface area contributed by atoms with E-state index in [9.17, 15) is 41.0 Å². The van der Waals surface area contributed by atoms with Crippen LogP contribution in [0.2, 0.25) is 0 Å². The predicted molar refractivity (Wildman–Crippen MR) is 131 cm³/mol. The van der Waals surface area contributed by atoms with E-state index >= 15 is 0 Å². The molecule has 5 nitrogen and oxygen atoms in total. The van der Waals surface area contributed by atoms with Gasteiger partial charge >= 0.3 is 24.3 Å². The van der Waals surface area contributed by atoms with Crippen molar-refractivity contribution in [3.63, 3.8) is 0 Å². The summed E-state index contributed by atoms with van der Waals surface area (Å²) in [4.78, 5) is 25.8. The molecule has 0 radical (unpaired) electrons. The van der Waals surface area contributed by atoms with Crippen molar-refractivity contribution in [2.45, 2.75) is 30.3 Å². The van der Waals surface area contributed by atoms with Gasteiger partial charge in [-0.2, -0.15) is 26.3 Å². The molecule has 0 saturated carbocycles. The normalized spacial score (nSPS) is 18.7. The third-order valence-electron chi connectivity index (χ3n) is 6.30. The SMILES string of the molecule is O=C1OC(CO)(COC(=O)C(c2ccccc2)c2ccccc2)C/C1=C\c1cc(C(F)(F)F)cc(C(F)(F)F)c1. The molecule has 1 heterocycles. The van der Waals surface area contributed by atoms with Gasteiger partial charge in [0.1, 0.15) is 12.5 Å². The molecule has 1 unspecified atom stereocenters. The zero-order valence-corrected chi connectivity index (χ0v) is 20.6. The van der Waals surface area contributed by atoms with Crippen molar-refractivity contribution in [3.8, 4) is 0 Å². The van der Waals surface area contributed by atoms with Gasteiger partial charge in [-0.25, -0.2) is 4.79 Å². The minimum atomic E-state index is -5.07. The first-order valence-electron chi connectivity index (χ1n) is 11.9. The van der Waals surface area contributed by atoms with Crippen molar-refractivity contribution in [2.75, 3.05) is 13.2 Å². The Morgan fingerprint density at radius 3 is 1.85 bits per heavy atom. The number of esters is 2. The molecule has 0 amide bonds. The van der Waals surface area contributed by atoms with Crippen LogP contribution < -0.4 is 0 Å². The van der Waals surface area contributed by atoms with E-state index in [1.165, 1.54) is 0 Å². The first-order valence-corrected chi connectivity index (χ1v) is 11.9. The molecule has 0 aliphatic carbocycles. The van der Waals surface area contributed by atoms with Gasteiger partial charge < -0.3 is 14.6 Å². The largest absolute Gasteiger partial charge is 0.461 e. The minimum Gasteiger partial charge on any atom is -0.461 e. The summed E-state index contributed by atoms with van der Waals surface area (Å²) in [5.74, 6) is -2.64. The molecule has 40 heavy (non-hydrogen) atoms. The van der Waals surface area contributed by atoms with Crippen molar-refractivity contribution >= 4 is 18.0 Å². The zero-order chi connectivity index (χ0) is 29.1. The van der Waals surface area contributed by atoms with Crippen LogP contribution in [0.25, 0.3) is 6.08 Å². The van der Waals surface area contributed by atoms with E-state index in [1.54, 1.807) is 60.7 Å². The lowest BCUT2D eigenvalue weighted by Crippen LogP contribution is -2.40. The Morgan fingerprint density at radius 1 is 0.900 bits per heavy atom. The number of alkyl halides is 6. The van der Waals surface area contributed by atoms with E-state index in [0.29, 0.717) is 23.3 Å². The maximum Gasteiger partial charge on any atom is 0.416 e. The quantitative estimate of drug-likeness (QED) is 0.212. The van der Waals surface area contributed by atoms with Crippen LogP contribution in [0.3, 0.4) is 0 Å². The molecular formula is C29H22F6O5. The average molecular weight is 564 g/mol. The number of rotatable bonds is 7. The molecule has 1 N–H and O–H groups in total. The molecule has 0 aromatic heterocycles. The predicted octanol–water partition coefficient (Wildman–Crippen LogP) is 6.16. The van der Waals surface area contributed by atoms with E-state index in [2.05, 4.69) is 0 Å². The monoisotopic (exact) mass is 564 g/mol. The fraction of sp³-hybridized carbons (Fsp3) is 0.241. The van der Waals surface area contributed by atoms with Gasteiger partial charge in [0.25, 0.3) is 0 Å². The molecule has 0 spiro atoms. The van der Waals surface area contributed by atoms with Crippen molar-refractivity contribution in [1.29, 1.82) is 0 Å². The number of cyclic esters (lactones) is 1. The number of carbonyl (C=O) groups excluding carboxylic acids is 2. The minimum absolute atomic E-state index is 0.0255. The Labute approximate surface area is 224 Å². The van der Waals surface area contributed by atoms with Crippen molar-refractivity contribution < 1.29 is 50.5 Å². The van der Waals surface area contributed by atoms with Gasteiger partial charge in [0, 0.05) is 12.0 Å². The highest BCUT2D eigenvalue weighted by molar-refractivity contribution is 5.96. The topological polar surface area (TPSA) is 72.8 Å². The van der Waals surface area contributed by atoms with Crippen molar-refractivity contribution in [3.05, 3.63) is 112 Å². The summed E-state index contributed by atoms with van der Waals surface area (Å²) in [6.45, 7) is -1.42. The summed E-state index contributed by atoms with van der Waals surface area (Å²) in [7, 11) is 0. The maximum atomic E-state index is 13.2. The summed E-state index contributed by atoms with van der Waals surface area (Å²) in [6, 6.07) is 18.3. The van der Waals surface area contributed by atoms with Gasteiger partial charge in [0.15, 0.2) is 5.60 Å². The Kier molecular flexibility index (Phi) is 8.06. The number of aliphatic hydroxyl groups excluding tert-OH is 1. The fourth-order valence-electron chi connectivity index (χ4n) is 4.35. The van der Waals surface area contributed by atoms with Gasteiger partial charge in [0.2, 0.25) is 0 Å². The second kappa shape index (κ2) is 11.2. The molecule has 0 bridgehead atoms. The Balaban J connectivity index is 1.58. The lowest BCUT2D eigenvalue weighted by molar-refractivity contribution is -0.166. The zero-order valence-electron chi connectivity index (χ0n) is 20.6. The highest BCUT2D eigenvalue weighted by Crippen LogP contribution is 2.38.